The van der Waals surface area contributed by atoms with Crippen LogP contribution in [0.3, 0.4) is 0 Å². The van der Waals surface area contributed by atoms with Gasteiger partial charge in [-0.2, -0.15) is 0 Å². The van der Waals surface area contributed by atoms with Crippen LogP contribution in [0.4, 0.5) is 8.78 Å². The number of alkyl halides is 2. The molecule has 0 aliphatic carbocycles. The molecule has 1 aliphatic heterocycles. The van der Waals surface area contributed by atoms with Gasteiger partial charge in [-0.25, -0.2) is 8.78 Å². The van der Waals surface area contributed by atoms with E-state index < -0.39 is 18.8 Å². The summed E-state index contributed by atoms with van der Waals surface area (Å²) >= 11 is 0. The molecule has 0 saturated carbocycles. The molecule has 0 aromatic carbocycles. The minimum atomic E-state index is -2.46. The maximum absolute atomic E-state index is 11.9. The lowest BCUT2D eigenvalue weighted by Gasteiger charge is -2.25. The van der Waals surface area contributed by atoms with E-state index in [2.05, 4.69) is 4.74 Å². The van der Waals surface area contributed by atoms with Gasteiger partial charge in [0.15, 0.2) is 6.29 Å². The molecule has 1 fully saturated rings. The molecule has 0 bridgehead atoms. The largest absolute Gasteiger partial charge is 0.368 e. The molecule has 0 amide bonds. The number of aliphatic hydroxyl groups excluding tert-OH is 1. The van der Waals surface area contributed by atoms with Gasteiger partial charge >= 0.3 is 0 Å². The highest BCUT2D eigenvalue weighted by Gasteiger charge is 2.27. The van der Waals surface area contributed by atoms with Crippen LogP contribution in [0.5, 0.6) is 0 Å². The average molecular weight is 152 g/mol. The molecule has 10 heavy (non-hydrogen) atoms. The summed E-state index contributed by atoms with van der Waals surface area (Å²) in [7, 11) is 0. The Kier molecular flexibility index (Phi) is 2.56. The number of hydrogen-bond acceptors (Lipinski definition) is 2. The molecule has 2 atom stereocenters. The Balaban J connectivity index is 2.32. The Morgan fingerprint density at radius 1 is 1.40 bits per heavy atom. The number of halogens is 2. The maximum Gasteiger partial charge on any atom is 0.264 e. The molecule has 1 heterocycles. The molecular weight excluding hydrogens is 142 g/mol. The first-order valence-electron chi connectivity index (χ1n) is 3.32. The predicted molar refractivity (Wildman–Crippen MR) is 30.7 cm³/mol. The van der Waals surface area contributed by atoms with E-state index in [4.69, 9.17) is 5.11 Å². The van der Waals surface area contributed by atoms with Gasteiger partial charge in [-0.1, -0.05) is 0 Å². The molecular formula is C6H10F2O2. The standard InChI is InChI=1S/C6H10F2O2/c7-6(8)4-2-1-3-5(9)10-4/h4-6,9H,1-3H2. The second-order valence-corrected chi connectivity index (χ2v) is 2.39. The molecule has 2 unspecified atom stereocenters. The van der Waals surface area contributed by atoms with Crippen molar-refractivity contribution in [2.45, 2.75) is 38.1 Å². The fourth-order valence-electron chi connectivity index (χ4n) is 1.02. The SMILES string of the molecule is OC1CCCC(C(F)F)O1. The molecule has 1 aliphatic rings. The molecule has 0 aromatic rings. The fraction of sp³-hybridized carbons (Fsp3) is 1.00. The summed E-state index contributed by atoms with van der Waals surface area (Å²) < 4.78 is 28.3. The molecule has 1 N–H and O–H groups in total. The highest BCUT2D eigenvalue weighted by Crippen LogP contribution is 2.21. The zero-order chi connectivity index (χ0) is 7.56. The summed E-state index contributed by atoms with van der Waals surface area (Å²) in [6.45, 7) is 0. The molecule has 1 rings (SSSR count). The summed E-state index contributed by atoms with van der Waals surface area (Å²) in [6, 6.07) is 0. The van der Waals surface area contributed by atoms with Crippen LogP contribution in [-0.2, 0) is 4.74 Å². The van der Waals surface area contributed by atoms with Gasteiger partial charge in [0, 0.05) is 0 Å². The topological polar surface area (TPSA) is 29.5 Å². The second-order valence-electron chi connectivity index (χ2n) is 2.39. The Morgan fingerprint density at radius 3 is 2.50 bits per heavy atom. The quantitative estimate of drug-likeness (QED) is 0.610. The van der Waals surface area contributed by atoms with E-state index in [1.807, 2.05) is 0 Å². The van der Waals surface area contributed by atoms with Gasteiger partial charge in [0.1, 0.15) is 6.10 Å². The monoisotopic (exact) mass is 152 g/mol. The van der Waals surface area contributed by atoms with Crippen molar-refractivity contribution in [2.24, 2.45) is 0 Å². The molecule has 1 saturated heterocycles. The third kappa shape index (κ3) is 1.88. The Hall–Kier alpha value is -0.220. The number of aliphatic hydroxyl groups is 1. The maximum atomic E-state index is 11.9. The number of hydrogen-bond donors (Lipinski definition) is 1. The van der Waals surface area contributed by atoms with Gasteiger partial charge < -0.3 is 9.84 Å². The van der Waals surface area contributed by atoms with Crippen LogP contribution in [0.15, 0.2) is 0 Å². The number of ether oxygens (including phenoxy) is 1. The van der Waals surface area contributed by atoms with E-state index in [-0.39, 0.29) is 0 Å². The first-order valence-corrected chi connectivity index (χ1v) is 3.32. The van der Waals surface area contributed by atoms with Crippen LogP contribution in [0.1, 0.15) is 19.3 Å². The van der Waals surface area contributed by atoms with Crippen molar-refractivity contribution in [2.75, 3.05) is 0 Å². The normalized spacial score (nSPS) is 34.8. The first-order chi connectivity index (χ1) is 4.70. The van der Waals surface area contributed by atoms with E-state index in [9.17, 15) is 8.78 Å². The predicted octanol–water partition coefficient (Wildman–Crippen LogP) is 1.14. The molecule has 60 valence electrons. The molecule has 4 heteroatoms. The van der Waals surface area contributed by atoms with Gasteiger partial charge in [-0.05, 0) is 19.3 Å². The Bertz CT molecular complexity index is 108. The van der Waals surface area contributed by atoms with E-state index in [1.54, 1.807) is 0 Å². The van der Waals surface area contributed by atoms with Crippen LogP contribution < -0.4 is 0 Å². The summed E-state index contributed by atoms with van der Waals surface area (Å²) in [6.07, 6.45) is -3.04. The zero-order valence-corrected chi connectivity index (χ0v) is 5.46. The van der Waals surface area contributed by atoms with Crippen molar-refractivity contribution < 1.29 is 18.6 Å². The third-order valence-electron chi connectivity index (χ3n) is 1.55. The van der Waals surface area contributed by atoms with Crippen LogP contribution in [0, 0.1) is 0 Å². The summed E-state index contributed by atoms with van der Waals surface area (Å²) in [5.41, 5.74) is 0. The summed E-state index contributed by atoms with van der Waals surface area (Å²) in [5.74, 6) is 0. The minimum absolute atomic E-state index is 0.356. The highest BCUT2D eigenvalue weighted by atomic mass is 19.3. The van der Waals surface area contributed by atoms with Crippen LogP contribution in [0.2, 0.25) is 0 Å². The fourth-order valence-corrected chi connectivity index (χ4v) is 1.02. The highest BCUT2D eigenvalue weighted by molar-refractivity contribution is 4.66. The van der Waals surface area contributed by atoms with Crippen molar-refractivity contribution in [3.63, 3.8) is 0 Å². The van der Waals surface area contributed by atoms with Crippen molar-refractivity contribution in [1.29, 1.82) is 0 Å². The van der Waals surface area contributed by atoms with E-state index in [1.165, 1.54) is 0 Å². The second kappa shape index (κ2) is 3.25. The number of rotatable bonds is 1. The lowest BCUT2D eigenvalue weighted by Crippen LogP contribution is -2.32. The van der Waals surface area contributed by atoms with Crippen molar-refractivity contribution in [3.8, 4) is 0 Å². The van der Waals surface area contributed by atoms with Crippen LogP contribution >= 0.6 is 0 Å². The van der Waals surface area contributed by atoms with Gasteiger partial charge in [-0.15, -0.1) is 0 Å². The van der Waals surface area contributed by atoms with Gasteiger partial charge in [0.05, 0.1) is 0 Å². The Labute approximate surface area is 57.8 Å². The third-order valence-corrected chi connectivity index (χ3v) is 1.55. The molecule has 0 aromatic heterocycles. The van der Waals surface area contributed by atoms with Crippen molar-refractivity contribution in [1.82, 2.24) is 0 Å². The van der Waals surface area contributed by atoms with Gasteiger partial charge in [-0.3, -0.25) is 0 Å². The van der Waals surface area contributed by atoms with E-state index in [0.29, 0.717) is 19.3 Å². The Morgan fingerprint density at radius 2 is 2.10 bits per heavy atom. The van der Waals surface area contributed by atoms with E-state index >= 15 is 0 Å². The minimum Gasteiger partial charge on any atom is -0.368 e. The van der Waals surface area contributed by atoms with Crippen LogP contribution in [0.25, 0.3) is 0 Å². The van der Waals surface area contributed by atoms with Crippen molar-refractivity contribution in [3.05, 3.63) is 0 Å². The van der Waals surface area contributed by atoms with Gasteiger partial charge in [0.2, 0.25) is 0 Å². The molecule has 2 nitrogen and oxygen atoms in total. The average Bonchev–Trinajstić information content (AvgIpc) is 1.88. The smallest absolute Gasteiger partial charge is 0.264 e. The lowest BCUT2D eigenvalue weighted by molar-refractivity contribution is -0.196. The van der Waals surface area contributed by atoms with Crippen molar-refractivity contribution >= 4 is 0 Å². The van der Waals surface area contributed by atoms with Gasteiger partial charge in [0.25, 0.3) is 6.43 Å². The van der Waals surface area contributed by atoms with E-state index in [0.717, 1.165) is 0 Å². The summed E-state index contributed by atoms with van der Waals surface area (Å²) in [4.78, 5) is 0. The zero-order valence-electron chi connectivity index (χ0n) is 5.46. The molecule has 0 radical (unpaired) electrons. The summed E-state index contributed by atoms with van der Waals surface area (Å²) in [5, 5.41) is 8.77. The lowest BCUT2D eigenvalue weighted by atomic mass is 10.1. The van der Waals surface area contributed by atoms with Crippen LogP contribution in [-0.4, -0.2) is 23.9 Å². The first kappa shape index (κ1) is 7.88. The molecule has 0 spiro atoms.